The van der Waals surface area contributed by atoms with Crippen LogP contribution in [0.3, 0.4) is 0 Å². The summed E-state index contributed by atoms with van der Waals surface area (Å²) in [5.74, 6) is 0.360. The highest BCUT2D eigenvalue weighted by molar-refractivity contribution is 6.04. The number of aryl methyl sites for hydroxylation is 1. The van der Waals surface area contributed by atoms with Crippen molar-refractivity contribution in [2.24, 2.45) is 11.8 Å². The molecule has 2 amide bonds. The first kappa shape index (κ1) is 19.7. The number of amides is 2. The Morgan fingerprint density at radius 2 is 1.89 bits per heavy atom. The van der Waals surface area contributed by atoms with E-state index in [0.29, 0.717) is 30.2 Å². The van der Waals surface area contributed by atoms with E-state index in [0.717, 1.165) is 11.3 Å². The Balaban J connectivity index is 1.69. The fourth-order valence-corrected chi connectivity index (χ4v) is 3.36. The molecule has 6 nitrogen and oxygen atoms in total. The molecule has 2 unspecified atom stereocenters. The molecule has 3 rings (SSSR count). The summed E-state index contributed by atoms with van der Waals surface area (Å²) in [5, 5.41) is 2.87. The molecule has 6 heteroatoms. The van der Waals surface area contributed by atoms with Gasteiger partial charge < -0.3 is 19.7 Å². The molecule has 1 aliphatic carbocycles. The standard InChI is InChI=1S/C22H26N2O4/c1-5-24(15-8-6-7-14(2)11-15)22(26)18-13-17(18)21(25)23-19-12-16(27-3)9-10-20(19)28-4/h6-12,17-18H,5,13H2,1-4H3,(H,23,25). The molecule has 2 aromatic rings. The Morgan fingerprint density at radius 3 is 2.54 bits per heavy atom. The first-order chi connectivity index (χ1) is 13.5. The molecule has 28 heavy (non-hydrogen) atoms. The summed E-state index contributed by atoms with van der Waals surface area (Å²) in [5.41, 5.74) is 2.50. The van der Waals surface area contributed by atoms with Crippen molar-refractivity contribution in [3.63, 3.8) is 0 Å². The smallest absolute Gasteiger partial charge is 0.230 e. The molecule has 148 valence electrons. The Bertz CT molecular complexity index is 881. The van der Waals surface area contributed by atoms with Crippen LogP contribution >= 0.6 is 0 Å². The van der Waals surface area contributed by atoms with E-state index in [9.17, 15) is 9.59 Å². The zero-order chi connectivity index (χ0) is 20.3. The van der Waals surface area contributed by atoms with Gasteiger partial charge in [0.15, 0.2) is 0 Å². The van der Waals surface area contributed by atoms with E-state index in [2.05, 4.69) is 5.32 Å². The van der Waals surface area contributed by atoms with Crippen molar-refractivity contribution >= 4 is 23.2 Å². The number of anilines is 2. The molecule has 0 radical (unpaired) electrons. The Labute approximate surface area is 165 Å². The third kappa shape index (κ3) is 4.11. The minimum absolute atomic E-state index is 0.00847. The van der Waals surface area contributed by atoms with E-state index < -0.39 is 0 Å². The average molecular weight is 382 g/mol. The van der Waals surface area contributed by atoms with Gasteiger partial charge in [-0.05, 0) is 50.1 Å². The zero-order valence-corrected chi connectivity index (χ0v) is 16.7. The largest absolute Gasteiger partial charge is 0.497 e. The third-order valence-corrected chi connectivity index (χ3v) is 5.00. The predicted molar refractivity (Wildman–Crippen MR) is 109 cm³/mol. The van der Waals surface area contributed by atoms with E-state index in [4.69, 9.17) is 9.47 Å². The van der Waals surface area contributed by atoms with E-state index in [-0.39, 0.29) is 23.7 Å². The van der Waals surface area contributed by atoms with Crippen LogP contribution in [0, 0.1) is 18.8 Å². The van der Waals surface area contributed by atoms with Crippen molar-refractivity contribution in [3.05, 3.63) is 48.0 Å². The molecule has 1 N–H and O–H groups in total. The first-order valence-corrected chi connectivity index (χ1v) is 9.39. The summed E-state index contributed by atoms with van der Waals surface area (Å²) in [6, 6.07) is 13.1. The van der Waals surface area contributed by atoms with Crippen LogP contribution in [0.15, 0.2) is 42.5 Å². The lowest BCUT2D eigenvalue weighted by Gasteiger charge is -2.21. The van der Waals surface area contributed by atoms with Crippen LogP contribution in [0.2, 0.25) is 0 Å². The van der Waals surface area contributed by atoms with Crippen molar-refractivity contribution < 1.29 is 19.1 Å². The lowest BCUT2D eigenvalue weighted by molar-refractivity contribution is -0.123. The van der Waals surface area contributed by atoms with Crippen molar-refractivity contribution in [1.29, 1.82) is 0 Å². The molecule has 2 atom stereocenters. The molecule has 0 bridgehead atoms. The Morgan fingerprint density at radius 1 is 1.11 bits per heavy atom. The van der Waals surface area contributed by atoms with Crippen LogP contribution in [-0.2, 0) is 9.59 Å². The number of hydrogen-bond donors (Lipinski definition) is 1. The highest BCUT2D eigenvalue weighted by atomic mass is 16.5. The minimum atomic E-state index is -0.331. The molecule has 1 fully saturated rings. The monoisotopic (exact) mass is 382 g/mol. The summed E-state index contributed by atoms with van der Waals surface area (Å²) in [4.78, 5) is 27.4. The van der Waals surface area contributed by atoms with Gasteiger partial charge in [-0.2, -0.15) is 0 Å². The van der Waals surface area contributed by atoms with Gasteiger partial charge in [0.1, 0.15) is 11.5 Å². The number of nitrogens with zero attached hydrogens (tertiary/aromatic N) is 1. The molecular formula is C22H26N2O4. The summed E-state index contributed by atoms with van der Waals surface area (Å²) in [6.45, 7) is 4.51. The third-order valence-electron chi connectivity index (χ3n) is 5.00. The van der Waals surface area contributed by atoms with Gasteiger partial charge in [-0.15, -0.1) is 0 Å². The molecule has 1 saturated carbocycles. The highest BCUT2D eigenvalue weighted by Gasteiger charge is 2.49. The number of nitrogens with one attached hydrogen (secondary N) is 1. The van der Waals surface area contributed by atoms with Gasteiger partial charge in [-0.3, -0.25) is 9.59 Å². The SMILES string of the molecule is CCN(C(=O)C1CC1C(=O)Nc1cc(OC)ccc1OC)c1cccc(C)c1. The Kier molecular flexibility index (Phi) is 5.87. The summed E-state index contributed by atoms with van der Waals surface area (Å²) in [7, 11) is 3.11. The summed E-state index contributed by atoms with van der Waals surface area (Å²) >= 11 is 0. The molecular weight excluding hydrogens is 356 g/mol. The topological polar surface area (TPSA) is 67.9 Å². The second-order valence-electron chi connectivity index (χ2n) is 6.93. The maximum Gasteiger partial charge on any atom is 0.230 e. The number of benzene rings is 2. The predicted octanol–water partition coefficient (Wildman–Crippen LogP) is 3.64. The Hall–Kier alpha value is -3.02. The van der Waals surface area contributed by atoms with Gasteiger partial charge >= 0.3 is 0 Å². The quantitative estimate of drug-likeness (QED) is 0.794. The van der Waals surface area contributed by atoms with Crippen LogP contribution in [0.5, 0.6) is 11.5 Å². The van der Waals surface area contributed by atoms with Gasteiger partial charge in [-0.1, -0.05) is 12.1 Å². The average Bonchev–Trinajstić information content (AvgIpc) is 3.49. The van der Waals surface area contributed by atoms with Gasteiger partial charge in [0.25, 0.3) is 0 Å². The molecule has 0 aliphatic heterocycles. The van der Waals surface area contributed by atoms with Crippen LogP contribution in [0.1, 0.15) is 18.9 Å². The van der Waals surface area contributed by atoms with Crippen molar-refractivity contribution in [2.75, 3.05) is 31.0 Å². The lowest BCUT2D eigenvalue weighted by atomic mass is 10.2. The molecule has 0 aromatic heterocycles. The number of rotatable bonds is 7. The highest BCUT2D eigenvalue weighted by Crippen LogP contribution is 2.42. The minimum Gasteiger partial charge on any atom is -0.497 e. The first-order valence-electron chi connectivity index (χ1n) is 9.39. The maximum atomic E-state index is 12.9. The second-order valence-corrected chi connectivity index (χ2v) is 6.93. The molecule has 2 aromatic carbocycles. The van der Waals surface area contributed by atoms with Gasteiger partial charge in [0.2, 0.25) is 11.8 Å². The zero-order valence-electron chi connectivity index (χ0n) is 16.7. The van der Waals surface area contributed by atoms with E-state index in [1.54, 1.807) is 37.3 Å². The molecule has 0 heterocycles. The summed E-state index contributed by atoms with van der Waals surface area (Å²) < 4.78 is 10.5. The normalized spacial score (nSPS) is 17.6. The lowest BCUT2D eigenvalue weighted by Crippen LogP contribution is -2.33. The molecule has 0 saturated heterocycles. The van der Waals surface area contributed by atoms with Gasteiger partial charge in [0, 0.05) is 18.3 Å². The summed E-state index contributed by atoms with van der Waals surface area (Å²) in [6.07, 6.45) is 0.555. The van der Waals surface area contributed by atoms with E-state index in [1.807, 2.05) is 38.1 Å². The van der Waals surface area contributed by atoms with Crippen LogP contribution in [-0.4, -0.2) is 32.6 Å². The van der Waals surface area contributed by atoms with Gasteiger partial charge in [0.05, 0.1) is 31.7 Å². The van der Waals surface area contributed by atoms with Crippen LogP contribution in [0.4, 0.5) is 11.4 Å². The number of hydrogen-bond acceptors (Lipinski definition) is 4. The van der Waals surface area contributed by atoms with E-state index in [1.165, 1.54) is 0 Å². The maximum absolute atomic E-state index is 12.9. The molecule has 1 aliphatic rings. The van der Waals surface area contributed by atoms with Crippen molar-refractivity contribution in [1.82, 2.24) is 0 Å². The molecule has 0 spiro atoms. The van der Waals surface area contributed by atoms with E-state index >= 15 is 0 Å². The number of carbonyl (C=O) groups excluding carboxylic acids is 2. The second kappa shape index (κ2) is 8.33. The van der Waals surface area contributed by atoms with Gasteiger partial charge in [-0.25, -0.2) is 0 Å². The van der Waals surface area contributed by atoms with Crippen molar-refractivity contribution in [2.45, 2.75) is 20.3 Å². The number of ether oxygens (including phenoxy) is 2. The van der Waals surface area contributed by atoms with Crippen LogP contribution < -0.4 is 19.7 Å². The van der Waals surface area contributed by atoms with Crippen molar-refractivity contribution in [3.8, 4) is 11.5 Å². The number of carbonyl (C=O) groups is 2. The fraction of sp³-hybridized carbons (Fsp3) is 0.364. The number of methoxy groups -OCH3 is 2. The van der Waals surface area contributed by atoms with Crippen LogP contribution in [0.25, 0.3) is 0 Å². The fourth-order valence-electron chi connectivity index (χ4n) is 3.36.